The monoisotopic (exact) mass is 262 g/mol. The van der Waals surface area contributed by atoms with Gasteiger partial charge in [0.05, 0.1) is 0 Å². The number of ether oxygens (including phenoxy) is 1. The molecule has 0 bridgehead atoms. The molecule has 3 nitrogen and oxygen atoms in total. The van der Waals surface area contributed by atoms with Crippen LogP contribution in [-0.4, -0.2) is 44.2 Å². The fourth-order valence-corrected chi connectivity index (χ4v) is 2.72. The molecule has 0 aliphatic carbocycles. The molecule has 106 valence electrons. The molecule has 3 heteroatoms. The van der Waals surface area contributed by atoms with Crippen LogP contribution in [0.1, 0.15) is 24.0 Å². The lowest BCUT2D eigenvalue weighted by molar-refractivity contribution is 0.225. The van der Waals surface area contributed by atoms with Gasteiger partial charge in [-0.05, 0) is 63.5 Å². The number of rotatable bonds is 6. The van der Waals surface area contributed by atoms with E-state index in [-0.39, 0.29) is 0 Å². The first-order valence-electron chi connectivity index (χ1n) is 7.26. The third-order valence-electron chi connectivity index (χ3n) is 3.63. The van der Waals surface area contributed by atoms with E-state index < -0.39 is 0 Å². The Hall–Kier alpha value is -1.06. The third kappa shape index (κ3) is 4.84. The predicted molar refractivity (Wildman–Crippen MR) is 79.9 cm³/mol. The molecule has 0 saturated carbocycles. The summed E-state index contributed by atoms with van der Waals surface area (Å²) in [5.41, 5.74) is 2.53. The van der Waals surface area contributed by atoms with E-state index in [1.54, 1.807) is 0 Å². The number of nitrogens with one attached hydrogen (secondary N) is 1. The minimum absolute atomic E-state index is 0.672. The van der Waals surface area contributed by atoms with E-state index in [0.29, 0.717) is 6.04 Å². The quantitative estimate of drug-likeness (QED) is 0.852. The first kappa shape index (κ1) is 14.4. The topological polar surface area (TPSA) is 24.5 Å². The Bertz CT molecular complexity index is 379. The van der Waals surface area contributed by atoms with E-state index in [9.17, 15) is 0 Å². The Kier molecular flexibility index (Phi) is 5.23. The standard InChI is InChI=1S/C16H26N2O/c1-13-9-14(2)11-16(10-13)19-8-7-18(3)12-15-5-4-6-17-15/h9-11,15,17H,4-8,12H2,1-3H3. The summed E-state index contributed by atoms with van der Waals surface area (Å²) < 4.78 is 5.84. The van der Waals surface area contributed by atoms with Crippen molar-refractivity contribution in [1.82, 2.24) is 10.2 Å². The van der Waals surface area contributed by atoms with Gasteiger partial charge in [-0.25, -0.2) is 0 Å². The van der Waals surface area contributed by atoms with Crippen molar-refractivity contribution < 1.29 is 4.74 Å². The van der Waals surface area contributed by atoms with Crippen LogP contribution in [0.25, 0.3) is 0 Å². The van der Waals surface area contributed by atoms with E-state index >= 15 is 0 Å². The summed E-state index contributed by atoms with van der Waals surface area (Å²) in [5.74, 6) is 0.991. The molecule has 1 aromatic carbocycles. The van der Waals surface area contributed by atoms with E-state index in [1.165, 1.54) is 30.5 Å². The van der Waals surface area contributed by atoms with Crippen LogP contribution < -0.4 is 10.1 Å². The minimum Gasteiger partial charge on any atom is -0.492 e. The van der Waals surface area contributed by atoms with Crippen LogP contribution in [0.3, 0.4) is 0 Å². The van der Waals surface area contributed by atoms with Gasteiger partial charge in [-0.1, -0.05) is 6.07 Å². The van der Waals surface area contributed by atoms with E-state index in [4.69, 9.17) is 4.74 Å². The van der Waals surface area contributed by atoms with Crippen molar-refractivity contribution in [2.45, 2.75) is 32.7 Å². The molecule has 1 saturated heterocycles. The van der Waals surface area contributed by atoms with Gasteiger partial charge in [0.1, 0.15) is 12.4 Å². The molecule has 1 atom stereocenters. The summed E-state index contributed by atoms with van der Waals surface area (Å²) in [7, 11) is 2.17. The molecule has 1 N–H and O–H groups in total. The van der Waals surface area contributed by atoms with Gasteiger partial charge in [-0.2, -0.15) is 0 Å². The normalized spacial score (nSPS) is 19.1. The summed E-state index contributed by atoms with van der Waals surface area (Å²) >= 11 is 0. The SMILES string of the molecule is Cc1cc(C)cc(OCCN(C)CC2CCCN2)c1. The van der Waals surface area contributed by atoms with Gasteiger partial charge < -0.3 is 15.0 Å². The van der Waals surface area contributed by atoms with Gasteiger partial charge in [-0.15, -0.1) is 0 Å². The molecule has 19 heavy (non-hydrogen) atoms. The molecule has 0 radical (unpaired) electrons. The van der Waals surface area contributed by atoms with E-state index in [2.05, 4.69) is 49.3 Å². The predicted octanol–water partition coefficient (Wildman–Crippen LogP) is 2.37. The summed E-state index contributed by atoms with van der Waals surface area (Å²) in [6.45, 7) is 8.25. The minimum atomic E-state index is 0.672. The van der Waals surface area contributed by atoms with Gasteiger partial charge in [0, 0.05) is 19.1 Å². The maximum Gasteiger partial charge on any atom is 0.119 e. The van der Waals surface area contributed by atoms with Crippen LogP contribution in [0.5, 0.6) is 5.75 Å². The molecule has 0 aromatic heterocycles. The molecule has 1 fully saturated rings. The molecule has 1 aliphatic rings. The van der Waals surface area contributed by atoms with Crippen LogP contribution in [0.2, 0.25) is 0 Å². The maximum atomic E-state index is 5.84. The van der Waals surface area contributed by atoms with Crippen molar-refractivity contribution in [3.05, 3.63) is 29.3 Å². The highest BCUT2D eigenvalue weighted by Gasteiger charge is 2.15. The second kappa shape index (κ2) is 6.92. The molecule has 1 aliphatic heterocycles. The van der Waals surface area contributed by atoms with Crippen LogP contribution in [0.4, 0.5) is 0 Å². The van der Waals surface area contributed by atoms with Crippen molar-refractivity contribution in [3.63, 3.8) is 0 Å². The Morgan fingerprint density at radius 1 is 1.26 bits per heavy atom. The van der Waals surface area contributed by atoms with Crippen molar-refractivity contribution in [3.8, 4) is 5.75 Å². The summed E-state index contributed by atoms with van der Waals surface area (Å²) in [6, 6.07) is 7.05. The van der Waals surface area contributed by atoms with Gasteiger partial charge >= 0.3 is 0 Å². The van der Waals surface area contributed by atoms with Gasteiger partial charge in [0.15, 0.2) is 0 Å². The Morgan fingerprint density at radius 2 is 2.00 bits per heavy atom. The highest BCUT2D eigenvalue weighted by atomic mass is 16.5. The lowest BCUT2D eigenvalue weighted by Gasteiger charge is -2.21. The smallest absolute Gasteiger partial charge is 0.119 e. The fraction of sp³-hybridized carbons (Fsp3) is 0.625. The lowest BCUT2D eigenvalue weighted by atomic mass is 10.1. The number of likely N-dealkylation sites (N-methyl/N-ethyl adjacent to an activating group) is 1. The molecule has 0 amide bonds. The van der Waals surface area contributed by atoms with Crippen molar-refractivity contribution in [2.24, 2.45) is 0 Å². The molecule has 1 heterocycles. The number of nitrogens with zero attached hydrogens (tertiary/aromatic N) is 1. The molecule has 2 rings (SSSR count). The van der Waals surface area contributed by atoms with Crippen LogP contribution in [0.15, 0.2) is 18.2 Å². The van der Waals surface area contributed by atoms with Crippen molar-refractivity contribution in [2.75, 3.05) is 33.3 Å². The molecule has 0 spiro atoms. The van der Waals surface area contributed by atoms with Crippen molar-refractivity contribution in [1.29, 1.82) is 0 Å². The third-order valence-corrected chi connectivity index (χ3v) is 3.63. The fourth-order valence-electron chi connectivity index (χ4n) is 2.72. The maximum absolute atomic E-state index is 5.84. The van der Waals surface area contributed by atoms with E-state index in [1.807, 2.05) is 0 Å². The Morgan fingerprint density at radius 3 is 2.63 bits per heavy atom. The van der Waals surface area contributed by atoms with Crippen LogP contribution in [-0.2, 0) is 0 Å². The molecule has 1 aromatic rings. The Labute approximate surface area is 116 Å². The Balaban J connectivity index is 1.70. The lowest BCUT2D eigenvalue weighted by Crippen LogP contribution is -2.37. The number of hydrogen-bond acceptors (Lipinski definition) is 3. The molecular weight excluding hydrogens is 236 g/mol. The zero-order valence-corrected chi connectivity index (χ0v) is 12.4. The summed E-state index contributed by atoms with van der Waals surface area (Å²) in [4.78, 5) is 2.35. The summed E-state index contributed by atoms with van der Waals surface area (Å²) in [6.07, 6.45) is 2.62. The van der Waals surface area contributed by atoms with Gasteiger partial charge in [0.25, 0.3) is 0 Å². The largest absolute Gasteiger partial charge is 0.492 e. The zero-order valence-electron chi connectivity index (χ0n) is 12.4. The number of aryl methyl sites for hydroxylation is 2. The average Bonchev–Trinajstić information content (AvgIpc) is 2.80. The summed E-state index contributed by atoms with van der Waals surface area (Å²) in [5, 5.41) is 3.53. The highest BCUT2D eigenvalue weighted by Crippen LogP contribution is 2.16. The number of hydrogen-bond donors (Lipinski definition) is 1. The van der Waals surface area contributed by atoms with Gasteiger partial charge in [0.2, 0.25) is 0 Å². The second-order valence-corrected chi connectivity index (χ2v) is 5.73. The number of benzene rings is 1. The van der Waals surface area contributed by atoms with E-state index in [0.717, 1.165) is 25.4 Å². The molecular formula is C16H26N2O. The zero-order chi connectivity index (χ0) is 13.7. The average molecular weight is 262 g/mol. The molecule has 1 unspecified atom stereocenters. The van der Waals surface area contributed by atoms with Crippen LogP contribution in [0, 0.1) is 13.8 Å². The first-order valence-corrected chi connectivity index (χ1v) is 7.26. The van der Waals surface area contributed by atoms with Crippen molar-refractivity contribution >= 4 is 0 Å². The second-order valence-electron chi connectivity index (χ2n) is 5.73. The van der Waals surface area contributed by atoms with Crippen LogP contribution >= 0.6 is 0 Å². The highest BCUT2D eigenvalue weighted by molar-refractivity contribution is 5.32. The first-order chi connectivity index (χ1) is 9.13. The van der Waals surface area contributed by atoms with Gasteiger partial charge in [-0.3, -0.25) is 0 Å².